The lowest BCUT2D eigenvalue weighted by Crippen LogP contribution is -2.17. The SMILES string of the molecule is CCOC(=O)c1c(NS(=O)(=O)c2cccc(C(F)(F)F)c2)[nH]n2ccnc12. The Morgan fingerprint density at radius 2 is 2.11 bits per heavy atom. The number of alkyl halides is 3. The van der Waals surface area contributed by atoms with Gasteiger partial charge in [-0.15, -0.1) is 0 Å². The van der Waals surface area contributed by atoms with Gasteiger partial charge >= 0.3 is 12.1 Å². The average Bonchev–Trinajstić information content (AvgIpc) is 3.14. The maximum atomic E-state index is 12.8. The van der Waals surface area contributed by atoms with Gasteiger partial charge in [0.25, 0.3) is 10.0 Å². The average molecular weight is 402 g/mol. The molecule has 144 valence electrons. The second-order valence-electron chi connectivity index (χ2n) is 5.33. The maximum absolute atomic E-state index is 12.8. The number of H-pyrrole nitrogens is 1. The molecule has 0 radical (unpaired) electrons. The molecule has 0 saturated carbocycles. The van der Waals surface area contributed by atoms with E-state index in [1.807, 2.05) is 0 Å². The predicted octanol–water partition coefficient (Wildman–Crippen LogP) is 2.66. The molecule has 0 aliphatic carbocycles. The number of aromatic nitrogens is 3. The number of carbonyl (C=O) groups excluding carboxylic acids is 1. The van der Waals surface area contributed by atoms with Crippen molar-refractivity contribution in [2.75, 3.05) is 11.3 Å². The second kappa shape index (κ2) is 6.61. The van der Waals surface area contributed by atoms with E-state index in [1.165, 1.54) is 16.9 Å². The van der Waals surface area contributed by atoms with Crippen molar-refractivity contribution in [3.63, 3.8) is 0 Å². The normalized spacial score (nSPS) is 12.3. The molecular formula is C15H13F3N4O4S. The van der Waals surface area contributed by atoms with Crippen molar-refractivity contribution < 1.29 is 31.1 Å². The first-order chi connectivity index (χ1) is 12.6. The Hall–Kier alpha value is -3.02. The first-order valence-corrected chi connectivity index (χ1v) is 9.04. The number of rotatable bonds is 5. The summed E-state index contributed by atoms with van der Waals surface area (Å²) in [6, 6.07) is 3.24. The summed E-state index contributed by atoms with van der Waals surface area (Å²) in [5.74, 6) is -1.11. The van der Waals surface area contributed by atoms with E-state index >= 15 is 0 Å². The summed E-state index contributed by atoms with van der Waals surface area (Å²) in [5, 5.41) is 2.60. The molecule has 2 heterocycles. The van der Waals surface area contributed by atoms with Crippen LogP contribution in [0, 0.1) is 0 Å². The van der Waals surface area contributed by atoms with Gasteiger partial charge in [0.1, 0.15) is 5.56 Å². The minimum atomic E-state index is -4.70. The molecule has 0 saturated heterocycles. The van der Waals surface area contributed by atoms with Gasteiger partial charge in [-0.25, -0.2) is 22.7 Å². The molecule has 27 heavy (non-hydrogen) atoms. The van der Waals surface area contributed by atoms with Crippen molar-refractivity contribution in [3.05, 3.63) is 47.8 Å². The van der Waals surface area contributed by atoms with Crippen LogP contribution in [0.4, 0.5) is 19.0 Å². The quantitative estimate of drug-likeness (QED) is 0.639. The van der Waals surface area contributed by atoms with Gasteiger partial charge in [-0.2, -0.15) is 13.2 Å². The molecule has 0 atom stereocenters. The molecule has 0 amide bonds. The maximum Gasteiger partial charge on any atom is 0.416 e. The van der Waals surface area contributed by atoms with Gasteiger partial charge in [0.2, 0.25) is 0 Å². The molecule has 3 aromatic rings. The van der Waals surface area contributed by atoms with E-state index in [1.54, 1.807) is 6.92 Å². The number of imidazole rings is 1. The van der Waals surface area contributed by atoms with E-state index in [4.69, 9.17) is 4.74 Å². The minimum Gasteiger partial charge on any atom is -0.462 e. The Morgan fingerprint density at radius 1 is 1.37 bits per heavy atom. The van der Waals surface area contributed by atoms with Crippen molar-refractivity contribution in [2.45, 2.75) is 18.0 Å². The zero-order valence-corrected chi connectivity index (χ0v) is 14.6. The molecule has 12 heteroatoms. The predicted molar refractivity (Wildman–Crippen MR) is 87.8 cm³/mol. The van der Waals surface area contributed by atoms with Crippen molar-refractivity contribution in [2.24, 2.45) is 0 Å². The summed E-state index contributed by atoms with van der Waals surface area (Å²) < 4.78 is 71.8. The van der Waals surface area contributed by atoms with Crippen LogP contribution in [0.25, 0.3) is 5.65 Å². The highest BCUT2D eigenvalue weighted by Gasteiger charge is 2.32. The third-order valence-electron chi connectivity index (χ3n) is 3.53. The number of carbonyl (C=O) groups is 1. The molecule has 2 aromatic heterocycles. The number of aromatic amines is 1. The van der Waals surface area contributed by atoms with E-state index in [0.717, 1.165) is 18.2 Å². The number of nitrogens with zero attached hydrogens (tertiary/aromatic N) is 2. The van der Waals surface area contributed by atoms with E-state index < -0.39 is 32.6 Å². The van der Waals surface area contributed by atoms with Crippen LogP contribution in [0.2, 0.25) is 0 Å². The molecule has 2 N–H and O–H groups in total. The Bertz CT molecular complexity index is 1100. The summed E-state index contributed by atoms with van der Waals surface area (Å²) >= 11 is 0. The monoisotopic (exact) mass is 402 g/mol. The highest BCUT2D eigenvalue weighted by atomic mass is 32.2. The van der Waals surface area contributed by atoms with Gasteiger partial charge in [0, 0.05) is 12.4 Å². The van der Waals surface area contributed by atoms with E-state index in [0.29, 0.717) is 6.07 Å². The van der Waals surface area contributed by atoms with Gasteiger partial charge in [-0.05, 0) is 25.1 Å². The minimum absolute atomic E-state index is 0.0384. The van der Waals surface area contributed by atoms with Crippen LogP contribution < -0.4 is 4.72 Å². The van der Waals surface area contributed by atoms with Gasteiger partial charge in [-0.3, -0.25) is 9.82 Å². The molecule has 0 aliphatic rings. The Kier molecular flexibility index (Phi) is 4.59. The van der Waals surface area contributed by atoms with Crippen LogP contribution in [-0.4, -0.2) is 35.6 Å². The number of benzene rings is 1. The highest BCUT2D eigenvalue weighted by Crippen LogP contribution is 2.31. The van der Waals surface area contributed by atoms with Crippen molar-refractivity contribution in [1.82, 2.24) is 14.6 Å². The van der Waals surface area contributed by atoms with E-state index in [9.17, 15) is 26.4 Å². The van der Waals surface area contributed by atoms with Crippen LogP contribution >= 0.6 is 0 Å². The molecule has 1 aromatic carbocycles. The summed E-state index contributed by atoms with van der Waals surface area (Å²) in [6.45, 7) is 1.61. The van der Waals surface area contributed by atoms with Crippen molar-refractivity contribution in [1.29, 1.82) is 0 Å². The number of hydrogen-bond donors (Lipinski definition) is 2. The number of halogens is 3. The third-order valence-corrected chi connectivity index (χ3v) is 4.88. The highest BCUT2D eigenvalue weighted by molar-refractivity contribution is 7.92. The number of fused-ring (bicyclic) bond motifs is 1. The van der Waals surface area contributed by atoms with Crippen LogP contribution in [0.15, 0.2) is 41.6 Å². The fourth-order valence-electron chi connectivity index (χ4n) is 2.37. The summed E-state index contributed by atoms with van der Waals surface area (Å²) in [4.78, 5) is 15.5. The van der Waals surface area contributed by atoms with Crippen LogP contribution in [0.3, 0.4) is 0 Å². The largest absolute Gasteiger partial charge is 0.462 e. The summed E-state index contributed by atoms with van der Waals surface area (Å²) in [5.41, 5.74) is -1.19. The van der Waals surface area contributed by atoms with Crippen molar-refractivity contribution >= 4 is 27.5 Å². The van der Waals surface area contributed by atoms with Gasteiger partial charge in [-0.1, -0.05) is 6.07 Å². The fourth-order valence-corrected chi connectivity index (χ4v) is 3.44. The van der Waals surface area contributed by atoms with Gasteiger partial charge in [0.15, 0.2) is 11.5 Å². The second-order valence-corrected chi connectivity index (χ2v) is 7.02. The lowest BCUT2D eigenvalue weighted by atomic mass is 10.2. The molecule has 0 bridgehead atoms. The smallest absolute Gasteiger partial charge is 0.416 e. The molecule has 0 fully saturated rings. The third kappa shape index (κ3) is 3.60. The molecule has 0 spiro atoms. The molecule has 0 aliphatic heterocycles. The van der Waals surface area contributed by atoms with Gasteiger partial charge in [0.05, 0.1) is 17.1 Å². The van der Waals surface area contributed by atoms with Crippen molar-refractivity contribution in [3.8, 4) is 0 Å². The number of ether oxygens (including phenoxy) is 1. The molecule has 0 unspecified atom stereocenters. The van der Waals surface area contributed by atoms with E-state index in [-0.39, 0.29) is 23.6 Å². The van der Waals surface area contributed by atoms with Crippen LogP contribution in [0.5, 0.6) is 0 Å². The lowest BCUT2D eigenvalue weighted by Gasteiger charge is -2.11. The first kappa shape index (κ1) is 18.8. The molecule has 3 rings (SSSR count). The zero-order chi connectivity index (χ0) is 19.8. The Labute approximate surface area is 151 Å². The standard InChI is InChI=1S/C15H13F3N4O4S/c1-2-26-14(23)11-12(20-22-7-6-19-13(11)22)21-27(24,25)10-5-3-4-9(8-10)15(16,17)18/h3-8,20-21H,2H2,1H3. The number of anilines is 1. The number of esters is 1. The number of hydrogen-bond acceptors (Lipinski definition) is 5. The fraction of sp³-hybridized carbons (Fsp3) is 0.200. The lowest BCUT2D eigenvalue weighted by molar-refractivity contribution is -0.137. The Balaban J connectivity index is 2.03. The zero-order valence-electron chi connectivity index (χ0n) is 13.7. The van der Waals surface area contributed by atoms with Crippen LogP contribution in [-0.2, 0) is 20.9 Å². The topological polar surface area (TPSA) is 106 Å². The molecule has 8 nitrogen and oxygen atoms in total. The Morgan fingerprint density at radius 3 is 2.78 bits per heavy atom. The van der Waals surface area contributed by atoms with E-state index in [2.05, 4.69) is 14.8 Å². The van der Waals surface area contributed by atoms with Crippen LogP contribution in [0.1, 0.15) is 22.8 Å². The molecular weight excluding hydrogens is 389 g/mol. The first-order valence-electron chi connectivity index (χ1n) is 7.55. The summed E-state index contributed by atoms with van der Waals surface area (Å²) in [7, 11) is -4.42. The number of sulfonamides is 1. The number of nitrogens with one attached hydrogen (secondary N) is 2. The summed E-state index contributed by atoms with van der Waals surface area (Å²) in [6.07, 6.45) is -1.89. The van der Waals surface area contributed by atoms with Gasteiger partial charge < -0.3 is 4.74 Å².